The van der Waals surface area contributed by atoms with E-state index in [9.17, 15) is 0 Å². The summed E-state index contributed by atoms with van der Waals surface area (Å²) in [5.74, 6) is 0.104. The van der Waals surface area contributed by atoms with Crippen LogP contribution in [0.4, 0.5) is 0 Å². The molecule has 3 heteroatoms. The van der Waals surface area contributed by atoms with Crippen LogP contribution in [0, 0.1) is 0 Å². The Morgan fingerprint density at radius 3 is 2.53 bits per heavy atom. The van der Waals surface area contributed by atoms with Gasteiger partial charge in [-0.1, -0.05) is 37.6 Å². The molecule has 1 heterocycles. The third kappa shape index (κ3) is 2.36. The van der Waals surface area contributed by atoms with E-state index in [1.165, 1.54) is 16.9 Å². The van der Waals surface area contributed by atoms with Crippen LogP contribution in [0.3, 0.4) is 0 Å². The van der Waals surface area contributed by atoms with E-state index >= 15 is 0 Å². The fourth-order valence-electron chi connectivity index (χ4n) is 1.50. The highest BCUT2D eigenvalue weighted by atomic mass is 32.1. The molecule has 2 rings (SSSR count). The lowest BCUT2D eigenvalue weighted by Gasteiger charge is -1.99. The first-order valence-corrected chi connectivity index (χ1v) is 5.91. The highest BCUT2D eigenvalue weighted by Gasteiger charge is 2.03. The standard InChI is InChI=1S/C12H13NOS/c1-2-3-9-4-6-10(7-5-9)12-13-11(14)8-15-12/h4-8,14H,2-3H2,1H3. The van der Waals surface area contributed by atoms with Gasteiger partial charge in [0.25, 0.3) is 0 Å². The van der Waals surface area contributed by atoms with Crippen molar-refractivity contribution in [3.8, 4) is 16.5 Å². The van der Waals surface area contributed by atoms with Gasteiger partial charge in [-0.3, -0.25) is 0 Å². The van der Waals surface area contributed by atoms with Crippen LogP contribution in [-0.4, -0.2) is 10.1 Å². The van der Waals surface area contributed by atoms with Gasteiger partial charge in [-0.15, -0.1) is 11.3 Å². The summed E-state index contributed by atoms with van der Waals surface area (Å²) in [7, 11) is 0. The molecule has 0 saturated heterocycles. The molecule has 2 aromatic rings. The van der Waals surface area contributed by atoms with Gasteiger partial charge < -0.3 is 5.11 Å². The van der Waals surface area contributed by atoms with Crippen LogP contribution in [0.2, 0.25) is 0 Å². The number of benzene rings is 1. The summed E-state index contributed by atoms with van der Waals surface area (Å²) in [6, 6.07) is 8.36. The molecule has 0 unspecified atom stereocenters. The minimum absolute atomic E-state index is 0.104. The summed E-state index contributed by atoms with van der Waals surface area (Å²) < 4.78 is 0. The summed E-state index contributed by atoms with van der Waals surface area (Å²) in [5.41, 5.74) is 2.42. The van der Waals surface area contributed by atoms with Crippen LogP contribution in [0.1, 0.15) is 18.9 Å². The van der Waals surface area contributed by atoms with Crippen molar-refractivity contribution in [2.75, 3.05) is 0 Å². The van der Waals surface area contributed by atoms with Gasteiger partial charge in [-0.2, -0.15) is 0 Å². The lowest BCUT2D eigenvalue weighted by atomic mass is 10.1. The van der Waals surface area contributed by atoms with E-state index in [-0.39, 0.29) is 5.88 Å². The van der Waals surface area contributed by atoms with Crippen LogP contribution in [0.25, 0.3) is 10.6 Å². The highest BCUT2D eigenvalue weighted by molar-refractivity contribution is 7.13. The number of aromatic hydroxyl groups is 1. The quantitative estimate of drug-likeness (QED) is 0.857. The Bertz CT molecular complexity index is 433. The predicted molar refractivity (Wildman–Crippen MR) is 63.2 cm³/mol. The maximum absolute atomic E-state index is 9.15. The molecule has 0 atom stereocenters. The van der Waals surface area contributed by atoms with E-state index in [1.54, 1.807) is 5.38 Å². The zero-order valence-corrected chi connectivity index (χ0v) is 9.42. The van der Waals surface area contributed by atoms with Crippen molar-refractivity contribution < 1.29 is 5.11 Å². The zero-order valence-electron chi connectivity index (χ0n) is 8.60. The van der Waals surface area contributed by atoms with Crippen molar-refractivity contribution in [3.05, 3.63) is 35.2 Å². The molecular weight excluding hydrogens is 206 g/mol. The van der Waals surface area contributed by atoms with Gasteiger partial charge in [0.2, 0.25) is 5.88 Å². The number of aryl methyl sites for hydroxylation is 1. The summed E-state index contributed by atoms with van der Waals surface area (Å²) in [6.07, 6.45) is 2.28. The molecule has 0 spiro atoms. The normalized spacial score (nSPS) is 10.5. The van der Waals surface area contributed by atoms with Crippen molar-refractivity contribution in [2.24, 2.45) is 0 Å². The average molecular weight is 219 g/mol. The van der Waals surface area contributed by atoms with Gasteiger partial charge in [-0.05, 0) is 12.0 Å². The van der Waals surface area contributed by atoms with E-state index in [1.807, 2.05) is 0 Å². The maximum atomic E-state index is 9.15. The Balaban J connectivity index is 2.23. The number of hydrogen-bond donors (Lipinski definition) is 1. The lowest BCUT2D eigenvalue weighted by Crippen LogP contribution is -1.82. The van der Waals surface area contributed by atoms with E-state index in [0.29, 0.717) is 0 Å². The first kappa shape index (κ1) is 10.2. The van der Waals surface area contributed by atoms with Gasteiger partial charge in [0, 0.05) is 5.56 Å². The van der Waals surface area contributed by atoms with Crippen LogP contribution >= 0.6 is 11.3 Å². The van der Waals surface area contributed by atoms with Crippen LogP contribution in [0.5, 0.6) is 5.88 Å². The summed E-state index contributed by atoms with van der Waals surface area (Å²) in [4.78, 5) is 4.03. The Morgan fingerprint density at radius 1 is 1.27 bits per heavy atom. The molecule has 0 fully saturated rings. The molecule has 1 aromatic carbocycles. The minimum atomic E-state index is 0.104. The molecule has 0 radical (unpaired) electrons. The van der Waals surface area contributed by atoms with Gasteiger partial charge in [-0.25, -0.2) is 4.98 Å². The number of rotatable bonds is 3. The number of aromatic nitrogens is 1. The SMILES string of the molecule is CCCc1ccc(-c2nc(O)cs2)cc1. The number of nitrogens with zero attached hydrogens (tertiary/aromatic N) is 1. The second-order valence-electron chi connectivity index (χ2n) is 3.46. The minimum Gasteiger partial charge on any atom is -0.493 e. The van der Waals surface area contributed by atoms with Crippen LogP contribution in [0.15, 0.2) is 29.6 Å². The molecule has 0 bridgehead atoms. The van der Waals surface area contributed by atoms with Gasteiger partial charge in [0.1, 0.15) is 5.01 Å². The fraction of sp³-hybridized carbons (Fsp3) is 0.250. The summed E-state index contributed by atoms with van der Waals surface area (Å²) in [5, 5.41) is 11.7. The summed E-state index contributed by atoms with van der Waals surface area (Å²) in [6.45, 7) is 2.17. The van der Waals surface area contributed by atoms with Crippen molar-refractivity contribution in [1.29, 1.82) is 0 Å². The third-order valence-corrected chi connectivity index (χ3v) is 3.11. The predicted octanol–water partition coefficient (Wildman–Crippen LogP) is 3.47. The molecule has 0 aliphatic carbocycles. The molecule has 15 heavy (non-hydrogen) atoms. The zero-order chi connectivity index (χ0) is 10.7. The van der Waals surface area contributed by atoms with E-state index in [0.717, 1.165) is 23.4 Å². The molecule has 1 aromatic heterocycles. The largest absolute Gasteiger partial charge is 0.493 e. The average Bonchev–Trinajstić information content (AvgIpc) is 2.67. The van der Waals surface area contributed by atoms with Crippen molar-refractivity contribution in [1.82, 2.24) is 4.98 Å². The second-order valence-corrected chi connectivity index (χ2v) is 4.32. The van der Waals surface area contributed by atoms with Gasteiger partial charge in [0.15, 0.2) is 0 Å². The highest BCUT2D eigenvalue weighted by Crippen LogP contribution is 2.26. The van der Waals surface area contributed by atoms with Crippen molar-refractivity contribution in [3.63, 3.8) is 0 Å². The Hall–Kier alpha value is -1.35. The summed E-state index contributed by atoms with van der Waals surface area (Å²) >= 11 is 1.46. The van der Waals surface area contributed by atoms with Crippen molar-refractivity contribution in [2.45, 2.75) is 19.8 Å². The van der Waals surface area contributed by atoms with E-state index in [2.05, 4.69) is 36.2 Å². The molecule has 1 N–H and O–H groups in total. The second kappa shape index (κ2) is 4.45. The third-order valence-electron chi connectivity index (χ3n) is 2.23. The molecular formula is C12H13NOS. The van der Waals surface area contributed by atoms with Crippen molar-refractivity contribution >= 4 is 11.3 Å². The van der Waals surface area contributed by atoms with Gasteiger partial charge in [0.05, 0.1) is 5.38 Å². The Morgan fingerprint density at radius 2 is 2.00 bits per heavy atom. The lowest BCUT2D eigenvalue weighted by molar-refractivity contribution is 0.458. The van der Waals surface area contributed by atoms with E-state index in [4.69, 9.17) is 5.11 Å². The molecule has 0 amide bonds. The monoisotopic (exact) mass is 219 g/mol. The maximum Gasteiger partial charge on any atom is 0.222 e. The Kier molecular flexibility index (Phi) is 3.02. The van der Waals surface area contributed by atoms with E-state index < -0.39 is 0 Å². The fourth-order valence-corrected chi connectivity index (χ4v) is 2.19. The first-order valence-electron chi connectivity index (χ1n) is 5.03. The first-order chi connectivity index (χ1) is 7.29. The van der Waals surface area contributed by atoms with Gasteiger partial charge >= 0.3 is 0 Å². The van der Waals surface area contributed by atoms with Crippen LogP contribution < -0.4 is 0 Å². The van der Waals surface area contributed by atoms with Crippen LogP contribution in [-0.2, 0) is 6.42 Å². The number of hydrogen-bond acceptors (Lipinski definition) is 3. The molecule has 2 nitrogen and oxygen atoms in total. The molecule has 0 saturated carbocycles. The topological polar surface area (TPSA) is 33.1 Å². The molecule has 78 valence electrons. The smallest absolute Gasteiger partial charge is 0.222 e. The Labute approximate surface area is 93.2 Å². The molecule has 0 aliphatic rings. The number of thiazole rings is 1. The molecule has 0 aliphatic heterocycles.